The SMILES string of the molecule is N#CCc1nc(Br)c(C(F)F)cc1Cl. The summed E-state index contributed by atoms with van der Waals surface area (Å²) in [5.41, 5.74) is 0.0298. The summed E-state index contributed by atoms with van der Waals surface area (Å²) in [5.74, 6) is 0. The van der Waals surface area contributed by atoms with Crippen LogP contribution in [0.15, 0.2) is 10.7 Å². The highest BCUT2D eigenvalue weighted by molar-refractivity contribution is 9.10. The third-order valence-electron chi connectivity index (χ3n) is 1.51. The predicted octanol–water partition coefficient (Wildman–Crippen LogP) is 3.50. The van der Waals surface area contributed by atoms with Crippen molar-refractivity contribution in [1.29, 1.82) is 5.26 Å². The van der Waals surface area contributed by atoms with Gasteiger partial charge in [-0.1, -0.05) is 11.6 Å². The van der Waals surface area contributed by atoms with Crippen molar-refractivity contribution in [2.24, 2.45) is 0 Å². The molecule has 0 aliphatic rings. The second-order valence-electron chi connectivity index (χ2n) is 2.43. The minimum absolute atomic E-state index is 0.000944. The number of aromatic nitrogens is 1. The third kappa shape index (κ3) is 2.40. The molecule has 0 saturated heterocycles. The summed E-state index contributed by atoms with van der Waals surface area (Å²) in [7, 11) is 0. The summed E-state index contributed by atoms with van der Waals surface area (Å²) in [4.78, 5) is 3.77. The highest BCUT2D eigenvalue weighted by atomic mass is 79.9. The molecule has 0 atom stereocenters. The van der Waals surface area contributed by atoms with Crippen LogP contribution < -0.4 is 0 Å². The van der Waals surface area contributed by atoms with Crippen LogP contribution >= 0.6 is 27.5 Å². The summed E-state index contributed by atoms with van der Waals surface area (Å²) in [6, 6.07) is 2.97. The Morgan fingerprint density at radius 1 is 1.64 bits per heavy atom. The van der Waals surface area contributed by atoms with E-state index < -0.39 is 6.43 Å². The van der Waals surface area contributed by atoms with Gasteiger partial charge in [-0.25, -0.2) is 13.8 Å². The molecule has 0 N–H and O–H groups in total. The van der Waals surface area contributed by atoms with E-state index in [1.54, 1.807) is 0 Å². The van der Waals surface area contributed by atoms with Crippen LogP contribution in [0.1, 0.15) is 17.7 Å². The molecule has 0 spiro atoms. The first kappa shape index (κ1) is 11.3. The van der Waals surface area contributed by atoms with E-state index in [4.69, 9.17) is 16.9 Å². The average Bonchev–Trinajstić information content (AvgIpc) is 2.10. The van der Waals surface area contributed by atoms with Crippen LogP contribution in [-0.4, -0.2) is 4.98 Å². The fourth-order valence-corrected chi connectivity index (χ4v) is 1.60. The first-order valence-corrected chi connectivity index (χ1v) is 4.73. The molecular weight excluding hydrogens is 277 g/mol. The first-order valence-electron chi connectivity index (χ1n) is 3.56. The third-order valence-corrected chi connectivity index (χ3v) is 2.47. The van der Waals surface area contributed by atoms with Gasteiger partial charge in [0.25, 0.3) is 6.43 Å². The molecule has 0 bridgehead atoms. The van der Waals surface area contributed by atoms with Crippen molar-refractivity contribution in [3.63, 3.8) is 0 Å². The van der Waals surface area contributed by atoms with Gasteiger partial charge in [-0.15, -0.1) is 0 Å². The number of pyridine rings is 1. The molecule has 0 fully saturated rings. The van der Waals surface area contributed by atoms with Gasteiger partial charge in [-0.05, 0) is 22.0 Å². The van der Waals surface area contributed by atoms with Gasteiger partial charge in [0.2, 0.25) is 0 Å². The van der Waals surface area contributed by atoms with E-state index in [9.17, 15) is 8.78 Å². The number of halogens is 4. The zero-order valence-corrected chi connectivity index (χ0v) is 9.11. The lowest BCUT2D eigenvalue weighted by Crippen LogP contribution is -1.96. The van der Waals surface area contributed by atoms with E-state index in [0.29, 0.717) is 5.69 Å². The van der Waals surface area contributed by atoms with Crippen molar-refractivity contribution in [3.05, 3.63) is 26.9 Å². The van der Waals surface area contributed by atoms with Gasteiger partial charge in [0.05, 0.1) is 28.8 Å². The van der Waals surface area contributed by atoms with Gasteiger partial charge >= 0.3 is 0 Å². The second-order valence-corrected chi connectivity index (χ2v) is 3.59. The van der Waals surface area contributed by atoms with Crippen LogP contribution in [0.5, 0.6) is 0 Å². The minimum atomic E-state index is -2.63. The number of hydrogen-bond acceptors (Lipinski definition) is 2. The zero-order chi connectivity index (χ0) is 10.7. The lowest BCUT2D eigenvalue weighted by molar-refractivity contribution is 0.150. The fourth-order valence-electron chi connectivity index (χ4n) is 0.868. The average molecular weight is 281 g/mol. The molecule has 0 aromatic carbocycles. The Bertz CT molecular complexity index is 390. The van der Waals surface area contributed by atoms with Gasteiger partial charge < -0.3 is 0 Å². The Kier molecular flexibility index (Phi) is 3.78. The minimum Gasteiger partial charge on any atom is -0.243 e. The Morgan fingerprint density at radius 2 is 2.29 bits per heavy atom. The van der Waals surface area contributed by atoms with Crippen LogP contribution in [0.25, 0.3) is 0 Å². The number of hydrogen-bond donors (Lipinski definition) is 0. The Morgan fingerprint density at radius 3 is 2.79 bits per heavy atom. The first-order chi connectivity index (χ1) is 6.56. The van der Waals surface area contributed by atoms with E-state index in [1.807, 2.05) is 6.07 Å². The molecule has 1 aromatic heterocycles. The quantitative estimate of drug-likeness (QED) is 0.778. The van der Waals surface area contributed by atoms with E-state index in [2.05, 4.69) is 20.9 Å². The molecule has 0 unspecified atom stereocenters. The Hall–Kier alpha value is -0.730. The predicted molar refractivity (Wildman–Crippen MR) is 51.2 cm³/mol. The molecule has 1 rings (SSSR count). The molecule has 14 heavy (non-hydrogen) atoms. The van der Waals surface area contributed by atoms with Crippen molar-refractivity contribution in [1.82, 2.24) is 4.98 Å². The van der Waals surface area contributed by atoms with Crippen LogP contribution in [0.2, 0.25) is 5.02 Å². The van der Waals surface area contributed by atoms with Gasteiger partial charge in [0, 0.05) is 0 Å². The zero-order valence-electron chi connectivity index (χ0n) is 6.77. The number of nitriles is 1. The maximum absolute atomic E-state index is 12.3. The maximum atomic E-state index is 12.3. The van der Waals surface area contributed by atoms with Gasteiger partial charge in [-0.2, -0.15) is 5.26 Å². The molecule has 74 valence electrons. The largest absolute Gasteiger partial charge is 0.266 e. The molecule has 0 aliphatic carbocycles. The van der Waals surface area contributed by atoms with Crippen LogP contribution in [-0.2, 0) is 6.42 Å². The molecule has 6 heteroatoms. The van der Waals surface area contributed by atoms with Crippen LogP contribution in [0, 0.1) is 11.3 Å². The standard InChI is InChI=1S/C8H4BrClF2N2/c9-7-4(8(11)12)3-5(10)6(14-7)1-2-13/h3,8H,1H2. The Balaban J connectivity index is 3.18. The molecule has 1 aromatic rings. The van der Waals surface area contributed by atoms with E-state index in [-0.39, 0.29) is 21.6 Å². The molecule has 1 heterocycles. The molecule has 0 radical (unpaired) electrons. The van der Waals surface area contributed by atoms with Crippen molar-refractivity contribution in [2.45, 2.75) is 12.8 Å². The number of alkyl halides is 2. The van der Waals surface area contributed by atoms with Gasteiger partial charge in [-0.3, -0.25) is 0 Å². The molecule has 0 amide bonds. The maximum Gasteiger partial charge on any atom is 0.266 e. The highest BCUT2D eigenvalue weighted by Crippen LogP contribution is 2.29. The van der Waals surface area contributed by atoms with E-state index in [0.717, 1.165) is 6.07 Å². The van der Waals surface area contributed by atoms with Crippen molar-refractivity contribution in [2.75, 3.05) is 0 Å². The van der Waals surface area contributed by atoms with Crippen LogP contribution in [0.4, 0.5) is 8.78 Å². The lowest BCUT2D eigenvalue weighted by Gasteiger charge is -2.05. The summed E-state index contributed by atoms with van der Waals surface area (Å²) in [6.07, 6.45) is -2.63. The highest BCUT2D eigenvalue weighted by Gasteiger charge is 2.15. The van der Waals surface area contributed by atoms with Gasteiger partial charge in [0.1, 0.15) is 4.60 Å². The molecule has 0 aliphatic heterocycles. The van der Waals surface area contributed by atoms with Crippen molar-refractivity contribution < 1.29 is 8.78 Å². The van der Waals surface area contributed by atoms with Crippen LogP contribution in [0.3, 0.4) is 0 Å². The molecular formula is C8H4BrClF2N2. The second kappa shape index (κ2) is 4.67. The van der Waals surface area contributed by atoms with E-state index in [1.165, 1.54) is 0 Å². The normalized spacial score (nSPS) is 10.3. The fraction of sp³-hybridized carbons (Fsp3) is 0.250. The smallest absolute Gasteiger partial charge is 0.243 e. The van der Waals surface area contributed by atoms with Crippen molar-refractivity contribution >= 4 is 27.5 Å². The number of nitrogens with zero attached hydrogens (tertiary/aromatic N) is 2. The summed E-state index contributed by atoms with van der Waals surface area (Å²) in [5, 5.41) is 8.49. The van der Waals surface area contributed by atoms with Gasteiger partial charge in [0.15, 0.2) is 0 Å². The Labute approximate surface area is 92.6 Å². The topological polar surface area (TPSA) is 36.7 Å². The summed E-state index contributed by atoms with van der Waals surface area (Å²) < 4.78 is 24.7. The molecule has 2 nitrogen and oxygen atoms in total. The van der Waals surface area contributed by atoms with Crippen molar-refractivity contribution in [3.8, 4) is 6.07 Å². The molecule has 0 saturated carbocycles. The van der Waals surface area contributed by atoms with E-state index >= 15 is 0 Å². The number of rotatable bonds is 2. The monoisotopic (exact) mass is 280 g/mol. The lowest BCUT2D eigenvalue weighted by atomic mass is 10.2. The summed E-state index contributed by atoms with van der Waals surface area (Å²) >= 11 is 8.55. The summed E-state index contributed by atoms with van der Waals surface area (Å²) in [6.45, 7) is 0.